The van der Waals surface area contributed by atoms with E-state index < -0.39 is 16.4 Å². The molecule has 1 aromatic rings. The van der Waals surface area contributed by atoms with Crippen molar-refractivity contribution in [3.05, 3.63) is 45.3 Å². The lowest BCUT2D eigenvalue weighted by molar-refractivity contribution is -0.387. The van der Waals surface area contributed by atoms with Crippen molar-refractivity contribution in [2.24, 2.45) is 0 Å². The lowest BCUT2D eigenvalue weighted by Crippen LogP contribution is -2.36. The number of carbonyl (C=O) groups excluding carboxylic acids is 1. The van der Waals surface area contributed by atoms with Crippen LogP contribution in [0.4, 0.5) is 15.8 Å². The number of nitrogens with zero attached hydrogens (tertiary/aromatic N) is 1. The monoisotopic (exact) mass is 265 g/mol. The van der Waals surface area contributed by atoms with E-state index in [1.807, 2.05) is 0 Å². The van der Waals surface area contributed by atoms with Gasteiger partial charge in [-0.2, -0.15) is 4.39 Å². The fourth-order valence-electron chi connectivity index (χ4n) is 1.63. The first-order chi connectivity index (χ1) is 8.99. The van der Waals surface area contributed by atoms with Crippen LogP contribution in [-0.4, -0.2) is 23.9 Å². The second kappa shape index (κ2) is 5.15. The van der Waals surface area contributed by atoms with Crippen molar-refractivity contribution in [1.29, 1.82) is 0 Å². The molecular formula is C12H12FN3O3. The molecule has 0 atom stereocenters. The number of anilines is 1. The summed E-state index contributed by atoms with van der Waals surface area (Å²) < 4.78 is 13.4. The Balaban J connectivity index is 2.13. The molecule has 19 heavy (non-hydrogen) atoms. The van der Waals surface area contributed by atoms with E-state index in [0.717, 1.165) is 17.7 Å². The van der Waals surface area contributed by atoms with Crippen LogP contribution in [0.5, 0.6) is 0 Å². The minimum absolute atomic E-state index is 0.195. The highest BCUT2D eigenvalue weighted by molar-refractivity contribution is 6.04. The highest BCUT2D eigenvalue weighted by Crippen LogP contribution is 2.21. The molecule has 0 radical (unpaired) electrons. The van der Waals surface area contributed by atoms with Crippen LogP contribution in [0.1, 0.15) is 6.92 Å². The second-order valence-electron chi connectivity index (χ2n) is 4.21. The summed E-state index contributed by atoms with van der Waals surface area (Å²) in [5.74, 6) is -1.30. The number of halogens is 1. The quantitative estimate of drug-likeness (QED) is 0.494. The normalized spacial score (nSPS) is 13.7. The van der Waals surface area contributed by atoms with Crippen molar-refractivity contribution in [1.82, 2.24) is 5.32 Å². The zero-order chi connectivity index (χ0) is 14.0. The van der Waals surface area contributed by atoms with Crippen LogP contribution < -0.4 is 10.6 Å². The molecule has 0 aromatic heterocycles. The standard InChI is InChI=1S/C12H12FN3O3/c1-7(8-5-14-6-8)12(17)15-9-2-3-11(16(18)19)10(13)4-9/h2-4,14H,5-6H2,1H3,(H,15,17). The van der Waals surface area contributed by atoms with Gasteiger partial charge in [-0.15, -0.1) is 0 Å². The van der Waals surface area contributed by atoms with Crippen LogP contribution in [0.15, 0.2) is 29.3 Å². The molecule has 0 aliphatic carbocycles. The summed E-state index contributed by atoms with van der Waals surface area (Å²) in [5, 5.41) is 16.0. The number of amides is 1. The molecule has 1 fully saturated rings. The maximum absolute atomic E-state index is 13.4. The minimum Gasteiger partial charge on any atom is -0.322 e. The summed E-state index contributed by atoms with van der Waals surface area (Å²) in [6, 6.07) is 3.27. The van der Waals surface area contributed by atoms with Crippen LogP contribution >= 0.6 is 0 Å². The van der Waals surface area contributed by atoms with E-state index in [1.54, 1.807) is 6.92 Å². The van der Waals surface area contributed by atoms with E-state index in [4.69, 9.17) is 0 Å². The molecule has 1 aromatic carbocycles. The SMILES string of the molecule is CC(C(=O)Nc1ccc([N+](=O)[O-])c(F)c1)=C1CNC1. The Morgan fingerprint density at radius 3 is 2.63 bits per heavy atom. The van der Waals surface area contributed by atoms with Gasteiger partial charge in [-0.3, -0.25) is 14.9 Å². The molecule has 1 saturated heterocycles. The molecule has 7 heteroatoms. The summed E-state index contributed by atoms with van der Waals surface area (Å²) >= 11 is 0. The average molecular weight is 265 g/mol. The molecule has 2 N–H and O–H groups in total. The minimum atomic E-state index is -0.974. The fraction of sp³-hybridized carbons (Fsp3) is 0.250. The third-order valence-corrected chi connectivity index (χ3v) is 2.95. The van der Waals surface area contributed by atoms with Gasteiger partial charge < -0.3 is 10.6 Å². The predicted octanol–water partition coefficient (Wildman–Crippen LogP) is 1.59. The molecule has 1 heterocycles. The largest absolute Gasteiger partial charge is 0.322 e. The Labute approximate surface area is 108 Å². The van der Waals surface area contributed by atoms with Gasteiger partial charge in [0.25, 0.3) is 5.91 Å². The summed E-state index contributed by atoms with van der Waals surface area (Å²) in [7, 11) is 0. The molecule has 0 bridgehead atoms. The van der Waals surface area contributed by atoms with Crippen molar-refractivity contribution >= 4 is 17.3 Å². The highest BCUT2D eigenvalue weighted by Gasteiger charge is 2.18. The number of nitro benzene ring substituents is 1. The van der Waals surface area contributed by atoms with Gasteiger partial charge in [-0.25, -0.2) is 0 Å². The zero-order valence-corrected chi connectivity index (χ0v) is 10.2. The van der Waals surface area contributed by atoms with E-state index in [0.29, 0.717) is 18.7 Å². The molecule has 0 unspecified atom stereocenters. The third kappa shape index (κ3) is 2.76. The average Bonchev–Trinajstić information content (AvgIpc) is 2.25. The van der Waals surface area contributed by atoms with E-state index in [9.17, 15) is 19.3 Å². The molecular weight excluding hydrogens is 253 g/mol. The smallest absolute Gasteiger partial charge is 0.304 e. The summed E-state index contributed by atoms with van der Waals surface area (Å²) in [5.41, 5.74) is 1.16. The third-order valence-electron chi connectivity index (χ3n) is 2.95. The van der Waals surface area contributed by atoms with Crippen molar-refractivity contribution in [2.45, 2.75) is 6.92 Å². The number of benzene rings is 1. The first-order valence-electron chi connectivity index (χ1n) is 5.63. The number of hydrogen-bond acceptors (Lipinski definition) is 4. The van der Waals surface area contributed by atoms with Crippen LogP contribution in [0.3, 0.4) is 0 Å². The van der Waals surface area contributed by atoms with Gasteiger partial charge in [0.1, 0.15) is 0 Å². The molecule has 100 valence electrons. The van der Waals surface area contributed by atoms with E-state index in [1.165, 1.54) is 6.07 Å². The van der Waals surface area contributed by atoms with E-state index >= 15 is 0 Å². The van der Waals surface area contributed by atoms with Crippen LogP contribution in [-0.2, 0) is 4.79 Å². The molecule has 1 aliphatic rings. The molecule has 1 aliphatic heterocycles. The van der Waals surface area contributed by atoms with Crippen molar-refractivity contribution in [3.8, 4) is 0 Å². The number of rotatable bonds is 3. The number of carbonyl (C=O) groups is 1. The first kappa shape index (κ1) is 13.2. The highest BCUT2D eigenvalue weighted by atomic mass is 19.1. The lowest BCUT2D eigenvalue weighted by atomic mass is 10.0. The Morgan fingerprint density at radius 2 is 2.16 bits per heavy atom. The lowest BCUT2D eigenvalue weighted by Gasteiger charge is -2.21. The molecule has 6 nitrogen and oxygen atoms in total. The fourth-order valence-corrected chi connectivity index (χ4v) is 1.63. The Hall–Kier alpha value is -2.28. The molecule has 0 saturated carbocycles. The summed E-state index contributed by atoms with van der Waals surface area (Å²) in [4.78, 5) is 21.5. The van der Waals surface area contributed by atoms with Gasteiger partial charge in [-0.1, -0.05) is 0 Å². The van der Waals surface area contributed by atoms with Crippen LogP contribution in [0, 0.1) is 15.9 Å². The van der Waals surface area contributed by atoms with Crippen molar-refractivity contribution < 1.29 is 14.1 Å². The summed E-state index contributed by atoms with van der Waals surface area (Å²) in [6.07, 6.45) is 0. The van der Waals surface area contributed by atoms with E-state index in [-0.39, 0.29) is 11.6 Å². The van der Waals surface area contributed by atoms with Gasteiger partial charge in [0.15, 0.2) is 0 Å². The van der Waals surface area contributed by atoms with Crippen LogP contribution in [0.2, 0.25) is 0 Å². The number of nitro groups is 1. The topological polar surface area (TPSA) is 84.3 Å². The number of hydrogen-bond donors (Lipinski definition) is 2. The maximum atomic E-state index is 13.4. The Morgan fingerprint density at radius 1 is 1.47 bits per heavy atom. The van der Waals surface area contributed by atoms with Gasteiger partial charge in [0.2, 0.25) is 5.82 Å². The maximum Gasteiger partial charge on any atom is 0.304 e. The second-order valence-corrected chi connectivity index (χ2v) is 4.21. The number of nitrogens with one attached hydrogen (secondary N) is 2. The summed E-state index contributed by atoms with van der Waals surface area (Å²) in [6.45, 7) is 3.04. The Kier molecular flexibility index (Phi) is 3.57. The van der Waals surface area contributed by atoms with Gasteiger partial charge in [-0.05, 0) is 18.6 Å². The molecule has 2 rings (SSSR count). The Bertz CT molecular complexity index is 578. The molecule has 1 amide bonds. The first-order valence-corrected chi connectivity index (χ1v) is 5.63. The predicted molar refractivity (Wildman–Crippen MR) is 67.3 cm³/mol. The van der Waals surface area contributed by atoms with E-state index in [2.05, 4.69) is 10.6 Å². The van der Waals surface area contributed by atoms with Gasteiger partial charge in [0, 0.05) is 36.5 Å². The zero-order valence-electron chi connectivity index (χ0n) is 10.2. The van der Waals surface area contributed by atoms with Crippen molar-refractivity contribution in [3.63, 3.8) is 0 Å². The van der Waals surface area contributed by atoms with Gasteiger partial charge in [0.05, 0.1) is 4.92 Å². The van der Waals surface area contributed by atoms with Gasteiger partial charge >= 0.3 is 5.69 Å². The van der Waals surface area contributed by atoms with Crippen LogP contribution in [0.25, 0.3) is 0 Å². The molecule has 0 spiro atoms. The van der Waals surface area contributed by atoms with Crippen molar-refractivity contribution in [2.75, 3.05) is 18.4 Å².